The fraction of sp³-hybridized carbons (Fsp3) is 0.389. The Morgan fingerprint density at radius 2 is 1.69 bits per heavy atom. The lowest BCUT2D eigenvalue weighted by atomic mass is 10.2. The minimum Gasteiger partial charge on any atom is -0.462 e. The van der Waals surface area contributed by atoms with Gasteiger partial charge in [0, 0.05) is 6.20 Å². The largest absolute Gasteiger partial charge is 0.462 e. The number of hydrogen-bond donors (Lipinski definition) is 1. The first kappa shape index (κ1) is 21.5. The molecule has 0 heterocycles. The zero-order valence-corrected chi connectivity index (χ0v) is 15.9. The van der Waals surface area contributed by atoms with Gasteiger partial charge in [0.2, 0.25) is 0 Å². The molecule has 0 saturated heterocycles. The third-order valence-corrected chi connectivity index (χ3v) is 3.33. The van der Waals surface area contributed by atoms with Gasteiger partial charge in [0.15, 0.2) is 5.57 Å². The monoisotopic (exact) mass is 383 g/mol. The van der Waals surface area contributed by atoms with Gasteiger partial charge in [0.1, 0.15) is 0 Å². The van der Waals surface area contributed by atoms with Gasteiger partial charge in [0.05, 0.1) is 35.6 Å². The topological polar surface area (TPSA) is 90.9 Å². The molecule has 0 saturated carbocycles. The number of carbonyl (C=O) groups excluding carboxylic acids is 3. The van der Waals surface area contributed by atoms with Gasteiger partial charge in [-0.25, -0.2) is 14.4 Å². The van der Waals surface area contributed by atoms with Gasteiger partial charge < -0.3 is 19.5 Å². The number of ether oxygens (including phenoxy) is 3. The molecule has 0 aliphatic heterocycles. The molecule has 142 valence electrons. The van der Waals surface area contributed by atoms with Gasteiger partial charge in [-0.2, -0.15) is 0 Å². The smallest absolute Gasteiger partial charge is 0.347 e. The molecular weight excluding hydrogens is 362 g/mol. The lowest BCUT2D eigenvalue weighted by molar-refractivity contribution is -0.146. The van der Waals surface area contributed by atoms with Crippen molar-refractivity contribution in [3.8, 4) is 0 Å². The Kier molecular flexibility index (Phi) is 8.64. The first-order chi connectivity index (χ1) is 12.3. The van der Waals surface area contributed by atoms with E-state index >= 15 is 0 Å². The quantitative estimate of drug-likeness (QED) is 0.242. The van der Waals surface area contributed by atoms with Crippen molar-refractivity contribution in [2.24, 2.45) is 0 Å². The van der Waals surface area contributed by atoms with Crippen LogP contribution in [-0.4, -0.2) is 37.2 Å². The van der Waals surface area contributed by atoms with E-state index in [0.717, 1.165) is 6.20 Å². The van der Waals surface area contributed by atoms with E-state index in [1.54, 1.807) is 39.8 Å². The summed E-state index contributed by atoms with van der Waals surface area (Å²) in [5.74, 6) is -2.23. The number of carbonyl (C=O) groups is 3. The molecule has 1 aromatic carbocycles. The molecule has 8 heteroatoms. The first-order valence-electron chi connectivity index (χ1n) is 8.12. The molecule has 0 amide bonds. The molecular formula is C18H22ClNO6. The average Bonchev–Trinajstić information content (AvgIpc) is 2.56. The van der Waals surface area contributed by atoms with Gasteiger partial charge >= 0.3 is 17.9 Å². The molecule has 0 unspecified atom stereocenters. The number of anilines is 1. The van der Waals surface area contributed by atoms with Crippen molar-refractivity contribution in [2.75, 3.05) is 18.5 Å². The SMILES string of the molecule is CCOC(=O)C(=CNc1cccc(C(=O)OC(C)C)c1Cl)C(=O)OCC. The summed E-state index contributed by atoms with van der Waals surface area (Å²) in [5, 5.41) is 2.84. The number of halogens is 1. The molecule has 7 nitrogen and oxygen atoms in total. The zero-order valence-electron chi connectivity index (χ0n) is 15.1. The predicted molar refractivity (Wildman–Crippen MR) is 97.0 cm³/mol. The van der Waals surface area contributed by atoms with Crippen molar-refractivity contribution < 1.29 is 28.6 Å². The van der Waals surface area contributed by atoms with Crippen LogP contribution >= 0.6 is 11.6 Å². The standard InChI is InChI=1S/C18H22ClNO6/c1-5-24-16(21)13(17(22)25-6-2)10-20-14-9-7-8-12(15(14)19)18(23)26-11(3)4/h7-11,20H,5-6H2,1-4H3. The summed E-state index contributed by atoms with van der Waals surface area (Å²) in [4.78, 5) is 35.9. The summed E-state index contributed by atoms with van der Waals surface area (Å²) in [5.41, 5.74) is 0.156. The van der Waals surface area contributed by atoms with Gasteiger partial charge in [-0.1, -0.05) is 17.7 Å². The second-order valence-corrected chi connectivity index (χ2v) is 5.64. The van der Waals surface area contributed by atoms with E-state index in [0.29, 0.717) is 5.69 Å². The van der Waals surface area contributed by atoms with Crippen LogP contribution in [0.5, 0.6) is 0 Å². The predicted octanol–water partition coefficient (Wildman–Crippen LogP) is 3.33. The molecule has 1 rings (SSSR count). The van der Waals surface area contributed by atoms with Crippen LogP contribution in [0, 0.1) is 0 Å². The molecule has 0 radical (unpaired) electrons. The van der Waals surface area contributed by atoms with E-state index in [1.165, 1.54) is 6.07 Å². The summed E-state index contributed by atoms with van der Waals surface area (Å²) < 4.78 is 14.8. The van der Waals surface area contributed by atoms with Crippen molar-refractivity contribution in [1.29, 1.82) is 0 Å². The van der Waals surface area contributed by atoms with Gasteiger partial charge in [-0.3, -0.25) is 0 Å². The van der Waals surface area contributed by atoms with E-state index in [4.69, 9.17) is 25.8 Å². The highest BCUT2D eigenvalue weighted by Crippen LogP contribution is 2.27. The van der Waals surface area contributed by atoms with Crippen LogP contribution < -0.4 is 5.32 Å². The summed E-state index contributed by atoms with van der Waals surface area (Å²) >= 11 is 6.23. The van der Waals surface area contributed by atoms with Crippen molar-refractivity contribution in [3.05, 3.63) is 40.6 Å². The molecule has 0 aliphatic rings. The van der Waals surface area contributed by atoms with E-state index in [-0.39, 0.29) is 35.5 Å². The molecule has 0 aliphatic carbocycles. The van der Waals surface area contributed by atoms with Crippen molar-refractivity contribution in [1.82, 2.24) is 0 Å². The Labute approximate surface area is 157 Å². The maximum Gasteiger partial charge on any atom is 0.347 e. The van der Waals surface area contributed by atoms with Crippen LogP contribution in [0.25, 0.3) is 0 Å². The minimum absolute atomic E-state index is 0.0986. The third-order valence-electron chi connectivity index (χ3n) is 2.92. The lowest BCUT2D eigenvalue weighted by Crippen LogP contribution is -2.19. The first-order valence-corrected chi connectivity index (χ1v) is 8.50. The Morgan fingerprint density at radius 3 is 2.19 bits per heavy atom. The number of rotatable bonds is 8. The summed E-state index contributed by atoms with van der Waals surface area (Å²) in [6.45, 7) is 6.90. The minimum atomic E-state index is -0.829. The second kappa shape index (κ2) is 10.5. The summed E-state index contributed by atoms with van der Waals surface area (Å²) in [6.07, 6.45) is 0.837. The van der Waals surface area contributed by atoms with Crippen molar-refractivity contribution in [2.45, 2.75) is 33.8 Å². The van der Waals surface area contributed by atoms with Crippen LogP contribution in [0.2, 0.25) is 5.02 Å². The lowest BCUT2D eigenvalue weighted by Gasteiger charge is -2.12. The maximum atomic E-state index is 12.1. The Hall–Kier alpha value is -2.54. The van der Waals surface area contributed by atoms with E-state index < -0.39 is 17.9 Å². The van der Waals surface area contributed by atoms with E-state index in [2.05, 4.69) is 5.32 Å². The molecule has 0 bridgehead atoms. The van der Waals surface area contributed by atoms with E-state index in [1.807, 2.05) is 0 Å². The molecule has 0 fully saturated rings. The van der Waals surface area contributed by atoms with Crippen LogP contribution in [0.15, 0.2) is 30.0 Å². The van der Waals surface area contributed by atoms with Crippen LogP contribution in [-0.2, 0) is 23.8 Å². The highest BCUT2D eigenvalue weighted by Gasteiger charge is 2.21. The fourth-order valence-corrected chi connectivity index (χ4v) is 2.11. The van der Waals surface area contributed by atoms with E-state index in [9.17, 15) is 14.4 Å². The van der Waals surface area contributed by atoms with Crippen molar-refractivity contribution in [3.63, 3.8) is 0 Å². The van der Waals surface area contributed by atoms with Gasteiger partial charge in [-0.15, -0.1) is 0 Å². The molecule has 0 atom stereocenters. The van der Waals surface area contributed by atoms with Crippen LogP contribution in [0.1, 0.15) is 38.1 Å². The molecule has 0 spiro atoms. The van der Waals surface area contributed by atoms with Crippen LogP contribution in [0.3, 0.4) is 0 Å². The number of esters is 3. The van der Waals surface area contributed by atoms with Crippen LogP contribution in [0.4, 0.5) is 5.69 Å². The highest BCUT2D eigenvalue weighted by molar-refractivity contribution is 6.36. The Morgan fingerprint density at radius 1 is 1.12 bits per heavy atom. The van der Waals surface area contributed by atoms with Crippen molar-refractivity contribution >= 4 is 35.2 Å². The average molecular weight is 384 g/mol. The highest BCUT2D eigenvalue weighted by atomic mass is 35.5. The maximum absolute atomic E-state index is 12.1. The zero-order chi connectivity index (χ0) is 19.7. The van der Waals surface area contributed by atoms with Gasteiger partial charge in [0.25, 0.3) is 0 Å². The second-order valence-electron chi connectivity index (χ2n) is 5.26. The number of benzene rings is 1. The van der Waals surface area contributed by atoms with Gasteiger partial charge in [-0.05, 0) is 39.8 Å². The number of hydrogen-bond acceptors (Lipinski definition) is 7. The molecule has 1 aromatic rings. The number of nitrogens with one attached hydrogen (secondary N) is 1. The third kappa shape index (κ3) is 6.07. The normalized spacial score (nSPS) is 10.1. The Balaban J connectivity index is 3.11. The summed E-state index contributed by atoms with van der Waals surface area (Å²) in [6, 6.07) is 4.69. The molecule has 26 heavy (non-hydrogen) atoms. The Bertz CT molecular complexity index is 679. The molecule has 0 aromatic heterocycles. The molecule has 1 N–H and O–H groups in total. The summed E-state index contributed by atoms with van der Waals surface area (Å²) in [7, 11) is 0. The fourth-order valence-electron chi connectivity index (χ4n) is 1.85.